The molecule has 0 aliphatic heterocycles. The van der Waals surface area contributed by atoms with Crippen molar-refractivity contribution in [3.8, 4) is 0 Å². The first-order valence-corrected chi connectivity index (χ1v) is 27.1. The van der Waals surface area contributed by atoms with E-state index in [1.54, 1.807) is 0 Å². The molecule has 0 atom stereocenters. The van der Waals surface area contributed by atoms with E-state index in [2.05, 4.69) is 252 Å². The van der Waals surface area contributed by atoms with Crippen LogP contribution >= 0.6 is 0 Å². The van der Waals surface area contributed by atoms with Crippen molar-refractivity contribution in [1.82, 2.24) is 13.7 Å². The second-order valence-electron chi connectivity index (χ2n) is 18.3. The van der Waals surface area contributed by atoms with Gasteiger partial charge >= 0.3 is 17.8 Å². The molecule has 0 amide bonds. The van der Waals surface area contributed by atoms with Gasteiger partial charge < -0.3 is 68.8 Å². The second-order valence-corrected chi connectivity index (χ2v) is 18.3. The van der Waals surface area contributed by atoms with Crippen LogP contribution in [-0.4, -0.2) is 83.6 Å². The van der Waals surface area contributed by atoms with Gasteiger partial charge in [-0.05, 0) is 142 Å². The zero-order chi connectivity index (χ0) is 51.3. The summed E-state index contributed by atoms with van der Waals surface area (Å²) in [6.07, 6.45) is 15.7. The predicted molar refractivity (Wildman–Crippen MR) is 293 cm³/mol. The first kappa shape index (κ1) is 66.7. The van der Waals surface area contributed by atoms with Gasteiger partial charge in [0, 0.05) is 90.9 Å². The van der Waals surface area contributed by atoms with Gasteiger partial charge in [0.25, 0.3) is 0 Å². The molecule has 76 heavy (non-hydrogen) atoms. The molecule has 16 nitrogen and oxygen atoms in total. The minimum atomic E-state index is 0. The maximum absolute atomic E-state index is 4.64. The van der Waals surface area contributed by atoms with Gasteiger partial charge in [-0.3, -0.25) is 0 Å². The van der Waals surface area contributed by atoms with Crippen molar-refractivity contribution < 1.29 is 67.8 Å². The van der Waals surface area contributed by atoms with Gasteiger partial charge in [0.1, 0.15) is 17.1 Å². The summed E-state index contributed by atoms with van der Waals surface area (Å²) in [5.41, 5.74) is 6.26. The van der Waals surface area contributed by atoms with Gasteiger partial charge in [0.05, 0.1) is 103 Å². The van der Waals surface area contributed by atoms with Crippen molar-refractivity contribution in [2.75, 3.05) is 80.1 Å². The lowest BCUT2D eigenvalue weighted by Gasteiger charge is -2.40. The predicted octanol–water partition coefficient (Wildman–Crippen LogP) is 0.221. The fraction of sp³-hybridized carbons (Fsp3) is 0.518. The van der Waals surface area contributed by atoms with Crippen LogP contribution in [0.4, 0.5) is 52.0 Å². The van der Waals surface area contributed by atoms with Crippen molar-refractivity contribution in [2.45, 2.75) is 128 Å². The summed E-state index contributed by atoms with van der Waals surface area (Å²) in [5.74, 6) is 2.61. The quantitative estimate of drug-likeness (QED) is 0.0354. The highest BCUT2D eigenvalue weighted by Gasteiger charge is 2.26. The van der Waals surface area contributed by atoms with Gasteiger partial charge in [-0.1, -0.05) is 15.3 Å². The molecular weight excluding hydrogens is 1040 g/mol. The summed E-state index contributed by atoms with van der Waals surface area (Å²) in [7, 11) is 0. The van der Waals surface area contributed by atoms with Crippen molar-refractivity contribution >= 4 is 52.0 Å². The van der Waals surface area contributed by atoms with Crippen LogP contribution in [0.2, 0.25) is 0 Å². The van der Waals surface area contributed by atoms with Crippen molar-refractivity contribution in [3.63, 3.8) is 0 Å². The molecule has 3 aromatic carbocycles. The number of aryl methyl sites for hydroxylation is 6. The van der Waals surface area contributed by atoms with Gasteiger partial charge in [-0.2, -0.15) is 0 Å². The molecule has 3 aromatic heterocycles. The lowest BCUT2D eigenvalue weighted by atomic mass is 10.1. The Kier molecular flexibility index (Phi) is 30.2. The Balaban J connectivity index is 0.00000494. The zero-order valence-electron chi connectivity index (χ0n) is 47.0. The number of anilines is 3. The highest BCUT2D eigenvalue weighted by atomic mass is 35.5. The molecular formula is C56H86Cl4N16. The first-order chi connectivity index (χ1) is 35.2. The number of nitrogens with zero attached hydrogens (tertiary/aromatic N) is 16. The van der Waals surface area contributed by atoms with Gasteiger partial charge in [0.15, 0.2) is 0 Å². The maximum Gasteiger partial charge on any atom is 0.421 e. The number of quaternary nitrogens is 1. The van der Waals surface area contributed by atoms with Crippen molar-refractivity contribution in [1.29, 1.82) is 0 Å². The molecule has 0 saturated carbocycles. The molecule has 0 unspecified atom stereocenters. The van der Waals surface area contributed by atoms with Crippen LogP contribution in [0.25, 0.3) is 0 Å². The maximum atomic E-state index is 4.64. The van der Waals surface area contributed by atoms with Crippen LogP contribution < -0.4 is 78.0 Å². The van der Waals surface area contributed by atoms with Crippen LogP contribution in [0.15, 0.2) is 141 Å². The number of aromatic nitrogens is 6. The lowest BCUT2D eigenvalue weighted by molar-refractivity contribution is -0.926. The Morgan fingerprint density at radius 1 is 0.382 bits per heavy atom. The molecule has 418 valence electrons. The Labute approximate surface area is 479 Å². The molecule has 0 bridgehead atoms. The van der Waals surface area contributed by atoms with Crippen LogP contribution in [0, 0.1) is 0 Å². The van der Waals surface area contributed by atoms with Crippen LogP contribution in [0.3, 0.4) is 0 Å². The second kappa shape index (κ2) is 34.4. The third kappa shape index (κ3) is 17.8. The molecule has 6 rings (SSSR count). The minimum absolute atomic E-state index is 0. The molecule has 0 aliphatic rings. The summed E-state index contributed by atoms with van der Waals surface area (Å²) in [4.78, 5) is 7.53. The Bertz CT molecular complexity index is 2280. The number of azo groups is 3. The molecule has 0 N–H and O–H groups in total. The summed E-state index contributed by atoms with van der Waals surface area (Å²) in [5, 5.41) is 27.8. The number of imidazole rings is 3. The third-order valence-corrected chi connectivity index (χ3v) is 14.3. The van der Waals surface area contributed by atoms with Gasteiger partial charge in [0.2, 0.25) is 0 Å². The summed E-state index contributed by atoms with van der Waals surface area (Å²) >= 11 is 0. The molecule has 6 aromatic rings. The van der Waals surface area contributed by atoms with Crippen LogP contribution in [0.1, 0.15) is 88.5 Å². The van der Waals surface area contributed by atoms with E-state index >= 15 is 0 Å². The fourth-order valence-electron chi connectivity index (χ4n) is 9.71. The summed E-state index contributed by atoms with van der Waals surface area (Å²) in [6, 6.07) is 25.8. The van der Waals surface area contributed by atoms with E-state index in [9.17, 15) is 0 Å². The van der Waals surface area contributed by atoms with E-state index in [1.807, 2.05) is 0 Å². The zero-order valence-corrected chi connectivity index (χ0v) is 50.0. The van der Waals surface area contributed by atoms with Crippen LogP contribution in [0.5, 0.6) is 0 Å². The molecule has 0 saturated heterocycles. The van der Waals surface area contributed by atoms with E-state index in [0.29, 0.717) is 0 Å². The third-order valence-electron chi connectivity index (χ3n) is 14.3. The minimum Gasteiger partial charge on any atom is -1.00 e. The first-order valence-electron chi connectivity index (χ1n) is 27.1. The molecule has 20 heteroatoms. The molecule has 0 fully saturated rings. The van der Waals surface area contributed by atoms with Gasteiger partial charge in [-0.15, -0.1) is 0 Å². The number of hydrogen-bond donors (Lipinski definition) is 0. The largest absolute Gasteiger partial charge is 1.00 e. The molecule has 0 spiro atoms. The number of benzene rings is 3. The van der Waals surface area contributed by atoms with Gasteiger partial charge in [-0.25, -0.2) is 27.4 Å². The molecule has 0 aliphatic carbocycles. The smallest absolute Gasteiger partial charge is 0.421 e. The fourth-order valence-corrected chi connectivity index (χ4v) is 9.71. The normalized spacial score (nSPS) is 12.1. The van der Waals surface area contributed by atoms with E-state index in [-0.39, 0.29) is 49.6 Å². The average Bonchev–Trinajstić information content (AvgIpc) is 4.16. The molecule has 3 heterocycles. The van der Waals surface area contributed by atoms with Crippen molar-refractivity contribution in [3.05, 3.63) is 110 Å². The summed E-state index contributed by atoms with van der Waals surface area (Å²) in [6.45, 7) is 37.4. The molecule has 0 radical (unpaired) electrons. The Hall–Kier alpha value is -5.39. The van der Waals surface area contributed by atoms with E-state index in [4.69, 9.17) is 0 Å². The summed E-state index contributed by atoms with van der Waals surface area (Å²) < 4.78 is 13.8. The number of hydrogen-bond acceptors (Lipinski definition) is 9. The SMILES string of the molecule is CCN(CCC[N+](CC)(CCCN(CC)c1ccc(N=Nc2n(CC)cc[n+]2CC)cc1)CCCN(CC)c1ccc(N=Nc2n(CC)cc[n+]2CC)cc1)c1ccc(N=Nc2n(CC)cc[n+]2CC)cc1.[Cl-].[Cl-].[Cl-].[Cl-]. The van der Waals surface area contributed by atoms with E-state index in [1.165, 1.54) is 17.1 Å². The van der Waals surface area contributed by atoms with E-state index < -0.39 is 0 Å². The monoisotopic (exact) mass is 1120 g/mol. The number of rotatable bonds is 31. The Morgan fingerprint density at radius 3 is 0.855 bits per heavy atom. The van der Waals surface area contributed by atoms with Crippen LogP contribution in [-0.2, 0) is 39.3 Å². The van der Waals surface area contributed by atoms with Crippen molar-refractivity contribution in [2.24, 2.45) is 30.7 Å². The number of halogens is 4. The Morgan fingerprint density at radius 2 is 0.645 bits per heavy atom. The highest BCUT2D eigenvalue weighted by Crippen LogP contribution is 2.26. The topological polar surface area (TPSA) is 110 Å². The van der Waals surface area contributed by atoms with E-state index in [0.717, 1.165) is 163 Å². The standard InChI is InChI=1S/C56H86N16.4ClH/c1-11-63(51-30-24-48(25-31-51)57-60-54-66(14-4)39-40-67(54)15-5)36-21-45-72(20-10,46-22-37-64(12-2)52-32-26-49(27-33-52)58-61-55-68(16-6)41-42-69(55)17-7)47-23-38-65(13-3)53-34-28-50(29-35-53)59-62-56-70(18-8)43-44-71(56)19-9;;;;/h24-35,39-44H,11-23,36-38,45-47H2,1-10H3;4*1H/q+4;;;;/p-4. The lowest BCUT2D eigenvalue weighted by Crippen LogP contribution is -3.00. The highest BCUT2D eigenvalue weighted by molar-refractivity contribution is 5.54. The average molecular weight is 1130 g/mol.